The number of carbonyl (C=O) groups is 3. The molecule has 12 heteroatoms. The fourth-order valence-corrected chi connectivity index (χ4v) is 3.32. The number of carboxylic acid groups (broad SMARTS) is 1. The van der Waals surface area contributed by atoms with Crippen LogP contribution in [0.3, 0.4) is 0 Å². The van der Waals surface area contributed by atoms with Crippen LogP contribution >= 0.6 is 0 Å². The van der Waals surface area contributed by atoms with Crippen LogP contribution < -0.4 is 16.0 Å². The number of rotatable bonds is 5. The molecule has 5 N–H and O–H groups in total. The van der Waals surface area contributed by atoms with Gasteiger partial charge in [-0.15, -0.1) is 0 Å². The molecule has 0 aliphatic heterocycles. The molecule has 198 valence electrons. The molecule has 3 amide bonds. The number of benzene rings is 2. The van der Waals surface area contributed by atoms with Crippen molar-refractivity contribution in [1.29, 1.82) is 0 Å². The molecule has 0 saturated carbocycles. The zero-order valence-electron chi connectivity index (χ0n) is 20.3. The number of aliphatic carboxylic acids is 1. The predicted molar refractivity (Wildman–Crippen MR) is 137 cm³/mol. The number of hydrogen-bond acceptors (Lipinski definition) is 4. The summed E-state index contributed by atoms with van der Waals surface area (Å²) in [7, 11) is 0. The first-order valence-corrected chi connectivity index (χ1v) is 11.3. The number of aromatic nitrogens is 2. The molecule has 2 heterocycles. The fourth-order valence-electron chi connectivity index (χ4n) is 3.32. The van der Waals surface area contributed by atoms with Crippen LogP contribution in [0, 0.1) is 0 Å². The number of pyridine rings is 1. The SMILES string of the molecule is CC(C)NC(=O)c1cccc(NC(=O)Nc2ccc(-c3ccnc4[nH]ccc34)cc2)c1.O=C(O)C(F)(F)F. The molecule has 0 bridgehead atoms. The highest BCUT2D eigenvalue weighted by Gasteiger charge is 2.38. The van der Waals surface area contributed by atoms with E-state index in [0.29, 0.717) is 16.9 Å². The van der Waals surface area contributed by atoms with Crippen molar-refractivity contribution in [3.63, 3.8) is 0 Å². The van der Waals surface area contributed by atoms with Crippen molar-refractivity contribution in [1.82, 2.24) is 15.3 Å². The molecule has 9 nitrogen and oxygen atoms in total. The van der Waals surface area contributed by atoms with Crippen LogP contribution in [-0.4, -0.2) is 45.2 Å². The molecule has 4 aromatic rings. The Kier molecular flexibility index (Phi) is 8.69. The summed E-state index contributed by atoms with van der Waals surface area (Å²) in [5.74, 6) is -2.94. The largest absolute Gasteiger partial charge is 0.490 e. The highest BCUT2D eigenvalue weighted by atomic mass is 19.4. The minimum absolute atomic E-state index is 0.0378. The van der Waals surface area contributed by atoms with E-state index >= 15 is 0 Å². The zero-order valence-corrected chi connectivity index (χ0v) is 20.3. The number of carbonyl (C=O) groups excluding carboxylic acids is 2. The van der Waals surface area contributed by atoms with E-state index in [1.54, 1.807) is 30.5 Å². The van der Waals surface area contributed by atoms with E-state index in [1.807, 2.05) is 56.4 Å². The summed E-state index contributed by atoms with van der Waals surface area (Å²) in [4.78, 5) is 40.9. The zero-order chi connectivity index (χ0) is 27.9. The standard InChI is InChI=1S/C24H23N5O2.C2HF3O2/c1-15(2)27-23(30)17-4-3-5-19(14-17)29-24(31)28-18-8-6-16(7-9-18)20-10-12-25-22-21(20)11-13-26-22;3-2(4,5)1(6)7/h3-15H,1-2H3,(H,25,26)(H,27,30)(H2,28,29,31);(H,6,7). The van der Waals surface area contributed by atoms with Crippen LogP contribution in [-0.2, 0) is 4.79 Å². The van der Waals surface area contributed by atoms with Gasteiger partial charge in [-0.1, -0.05) is 18.2 Å². The Morgan fingerprint density at radius 3 is 2.24 bits per heavy atom. The molecule has 0 unspecified atom stereocenters. The lowest BCUT2D eigenvalue weighted by Crippen LogP contribution is -2.30. The number of nitrogens with one attached hydrogen (secondary N) is 4. The van der Waals surface area contributed by atoms with Gasteiger partial charge in [0.2, 0.25) is 0 Å². The number of nitrogens with zero attached hydrogens (tertiary/aromatic N) is 1. The van der Waals surface area contributed by atoms with Gasteiger partial charge in [0, 0.05) is 40.8 Å². The Bertz CT molecular complexity index is 1430. The maximum Gasteiger partial charge on any atom is 0.490 e. The van der Waals surface area contributed by atoms with Gasteiger partial charge in [0.25, 0.3) is 5.91 Å². The number of carboxylic acids is 1. The van der Waals surface area contributed by atoms with Crippen molar-refractivity contribution in [3.05, 3.63) is 78.6 Å². The van der Waals surface area contributed by atoms with Crippen molar-refractivity contribution < 1.29 is 32.7 Å². The van der Waals surface area contributed by atoms with Gasteiger partial charge in [-0.05, 0) is 67.4 Å². The molecular formula is C26H24F3N5O4. The van der Waals surface area contributed by atoms with Crippen molar-refractivity contribution in [2.75, 3.05) is 10.6 Å². The van der Waals surface area contributed by atoms with Crippen LogP contribution in [0.15, 0.2) is 73.1 Å². The van der Waals surface area contributed by atoms with Crippen LogP contribution in [0.5, 0.6) is 0 Å². The van der Waals surface area contributed by atoms with Crippen molar-refractivity contribution in [2.24, 2.45) is 0 Å². The average molecular weight is 528 g/mol. The minimum Gasteiger partial charge on any atom is -0.475 e. The summed E-state index contributed by atoms with van der Waals surface area (Å²) in [6.07, 6.45) is -1.45. The van der Waals surface area contributed by atoms with E-state index in [4.69, 9.17) is 9.90 Å². The Balaban J connectivity index is 0.000000505. The van der Waals surface area contributed by atoms with E-state index in [2.05, 4.69) is 25.9 Å². The van der Waals surface area contributed by atoms with Gasteiger partial charge in [-0.2, -0.15) is 13.2 Å². The van der Waals surface area contributed by atoms with E-state index in [-0.39, 0.29) is 18.0 Å². The maximum atomic E-state index is 12.4. The van der Waals surface area contributed by atoms with Gasteiger partial charge in [0.15, 0.2) is 0 Å². The lowest BCUT2D eigenvalue weighted by molar-refractivity contribution is -0.192. The third-order valence-electron chi connectivity index (χ3n) is 4.96. The van der Waals surface area contributed by atoms with Crippen LogP contribution in [0.2, 0.25) is 0 Å². The Morgan fingerprint density at radius 2 is 1.61 bits per heavy atom. The number of anilines is 2. The molecule has 38 heavy (non-hydrogen) atoms. The number of halogens is 3. The number of H-pyrrole nitrogens is 1. The number of aromatic amines is 1. The van der Waals surface area contributed by atoms with Gasteiger partial charge in [0.1, 0.15) is 5.65 Å². The topological polar surface area (TPSA) is 136 Å². The number of fused-ring (bicyclic) bond motifs is 1. The minimum atomic E-state index is -5.08. The lowest BCUT2D eigenvalue weighted by atomic mass is 10.0. The molecule has 0 aliphatic rings. The van der Waals surface area contributed by atoms with E-state index in [0.717, 1.165) is 22.2 Å². The number of alkyl halides is 3. The van der Waals surface area contributed by atoms with Gasteiger partial charge in [-0.25, -0.2) is 14.6 Å². The number of hydrogen-bond donors (Lipinski definition) is 5. The predicted octanol–water partition coefficient (Wildman–Crippen LogP) is 5.65. The molecule has 0 fully saturated rings. The third-order valence-corrected chi connectivity index (χ3v) is 4.96. The van der Waals surface area contributed by atoms with Crippen molar-refractivity contribution in [3.8, 4) is 11.1 Å². The molecule has 0 aliphatic carbocycles. The number of urea groups is 1. The normalized spacial score (nSPS) is 10.9. The molecule has 4 rings (SSSR count). The second-order valence-electron chi connectivity index (χ2n) is 8.27. The molecule has 0 atom stereocenters. The number of amides is 3. The highest BCUT2D eigenvalue weighted by molar-refractivity contribution is 6.01. The van der Waals surface area contributed by atoms with Crippen LogP contribution in [0.1, 0.15) is 24.2 Å². The second kappa shape index (κ2) is 11.9. The van der Waals surface area contributed by atoms with Crippen molar-refractivity contribution >= 4 is 40.3 Å². The van der Waals surface area contributed by atoms with Gasteiger partial charge >= 0.3 is 18.2 Å². The van der Waals surface area contributed by atoms with E-state index in [1.165, 1.54) is 0 Å². The van der Waals surface area contributed by atoms with Crippen LogP contribution in [0.4, 0.5) is 29.3 Å². The Labute approximate surface area is 215 Å². The first kappa shape index (κ1) is 27.7. The van der Waals surface area contributed by atoms with Crippen LogP contribution in [0.25, 0.3) is 22.2 Å². The summed E-state index contributed by atoms with van der Waals surface area (Å²) < 4.78 is 31.7. The summed E-state index contributed by atoms with van der Waals surface area (Å²) in [6.45, 7) is 3.79. The summed E-state index contributed by atoms with van der Waals surface area (Å²) in [5, 5.41) is 16.6. The molecule has 2 aromatic heterocycles. The molecule has 2 aromatic carbocycles. The summed E-state index contributed by atoms with van der Waals surface area (Å²) in [5.41, 5.74) is 4.62. The summed E-state index contributed by atoms with van der Waals surface area (Å²) in [6, 6.07) is 18.0. The second-order valence-corrected chi connectivity index (χ2v) is 8.27. The molecule has 0 spiro atoms. The fraction of sp³-hybridized carbons (Fsp3) is 0.154. The average Bonchev–Trinajstić information content (AvgIpc) is 3.33. The van der Waals surface area contributed by atoms with E-state index < -0.39 is 12.1 Å². The van der Waals surface area contributed by atoms with Gasteiger partial charge in [0.05, 0.1) is 0 Å². The molecular weight excluding hydrogens is 503 g/mol. The van der Waals surface area contributed by atoms with E-state index in [9.17, 15) is 22.8 Å². The molecule has 0 saturated heterocycles. The smallest absolute Gasteiger partial charge is 0.475 e. The maximum absolute atomic E-state index is 12.4. The first-order chi connectivity index (χ1) is 17.9. The van der Waals surface area contributed by atoms with Gasteiger partial charge in [-0.3, -0.25) is 4.79 Å². The Hall–Kier alpha value is -4.87. The van der Waals surface area contributed by atoms with Crippen molar-refractivity contribution in [2.45, 2.75) is 26.1 Å². The lowest BCUT2D eigenvalue weighted by Gasteiger charge is -2.11. The third kappa shape index (κ3) is 7.56. The molecule has 0 radical (unpaired) electrons. The monoisotopic (exact) mass is 527 g/mol. The highest BCUT2D eigenvalue weighted by Crippen LogP contribution is 2.28. The van der Waals surface area contributed by atoms with Gasteiger partial charge < -0.3 is 26.0 Å². The summed E-state index contributed by atoms with van der Waals surface area (Å²) >= 11 is 0. The quantitative estimate of drug-likeness (QED) is 0.229. The Morgan fingerprint density at radius 1 is 0.947 bits per heavy atom. The first-order valence-electron chi connectivity index (χ1n) is 11.3.